The zero-order valence-corrected chi connectivity index (χ0v) is 11.6. The van der Waals surface area contributed by atoms with Gasteiger partial charge in [-0.05, 0) is 33.7 Å². The molecule has 0 fully saturated rings. The van der Waals surface area contributed by atoms with Crippen LogP contribution in [0.5, 0.6) is 0 Å². The summed E-state index contributed by atoms with van der Waals surface area (Å²) in [7, 11) is 0. The van der Waals surface area contributed by atoms with Gasteiger partial charge in [0.05, 0.1) is 23.4 Å². The van der Waals surface area contributed by atoms with Gasteiger partial charge in [0.2, 0.25) is 0 Å². The van der Waals surface area contributed by atoms with Gasteiger partial charge in [0, 0.05) is 19.3 Å². The maximum absolute atomic E-state index is 5.76. The summed E-state index contributed by atoms with van der Waals surface area (Å²) in [5, 5.41) is 8.13. The van der Waals surface area contributed by atoms with E-state index in [2.05, 4.69) is 31.2 Å². The molecule has 98 valence electrons. The van der Waals surface area contributed by atoms with Crippen LogP contribution in [0.4, 0.5) is 0 Å². The van der Waals surface area contributed by atoms with Crippen molar-refractivity contribution in [2.75, 3.05) is 19.7 Å². The van der Waals surface area contributed by atoms with E-state index in [9.17, 15) is 0 Å². The number of nitrogens with zero attached hydrogens (tertiary/aromatic N) is 2. The summed E-state index contributed by atoms with van der Waals surface area (Å²) in [5.41, 5.74) is -0.0359. The molecule has 0 aliphatic carbocycles. The fourth-order valence-electron chi connectivity index (χ4n) is 1.35. The highest BCUT2D eigenvalue weighted by molar-refractivity contribution is 6.30. The second kappa shape index (κ2) is 6.99. The van der Waals surface area contributed by atoms with Crippen LogP contribution in [0, 0.1) is 0 Å². The molecule has 1 heterocycles. The third-order valence-electron chi connectivity index (χ3n) is 2.15. The number of hydrogen-bond acceptors (Lipinski definition) is 3. The Kier molecular flexibility index (Phi) is 5.95. The van der Waals surface area contributed by atoms with E-state index >= 15 is 0 Å². The molecule has 0 radical (unpaired) electrons. The lowest BCUT2D eigenvalue weighted by Gasteiger charge is -2.19. The Morgan fingerprint density at radius 2 is 2.18 bits per heavy atom. The van der Waals surface area contributed by atoms with Gasteiger partial charge in [-0.3, -0.25) is 4.68 Å². The Morgan fingerprint density at radius 1 is 1.41 bits per heavy atom. The number of hydrogen-bond donors (Lipinski definition) is 1. The minimum absolute atomic E-state index is 0.0359. The average molecular weight is 260 g/mol. The average Bonchev–Trinajstić information content (AvgIpc) is 2.61. The SMILES string of the molecule is CC(C)(C)OCCCNCCn1cc(Cl)cn1. The van der Waals surface area contributed by atoms with Gasteiger partial charge in [-0.2, -0.15) is 5.10 Å². The smallest absolute Gasteiger partial charge is 0.0785 e. The van der Waals surface area contributed by atoms with Crippen molar-refractivity contribution in [3.05, 3.63) is 17.4 Å². The molecule has 0 saturated carbocycles. The standard InChI is InChI=1S/C12H22ClN3O/c1-12(2,3)17-8-4-5-14-6-7-16-10-11(13)9-15-16/h9-10,14H,4-8H2,1-3H3. The fourth-order valence-corrected chi connectivity index (χ4v) is 1.51. The molecule has 0 amide bonds. The van der Waals surface area contributed by atoms with E-state index in [0.717, 1.165) is 32.7 Å². The molecule has 5 heteroatoms. The Hall–Kier alpha value is -0.580. The summed E-state index contributed by atoms with van der Waals surface area (Å²) in [6.45, 7) is 9.71. The fraction of sp³-hybridized carbons (Fsp3) is 0.750. The van der Waals surface area contributed by atoms with E-state index in [1.54, 1.807) is 6.20 Å². The van der Waals surface area contributed by atoms with Gasteiger partial charge in [0.25, 0.3) is 0 Å². The third kappa shape index (κ3) is 7.36. The minimum Gasteiger partial charge on any atom is -0.376 e. The molecule has 0 aliphatic heterocycles. The third-order valence-corrected chi connectivity index (χ3v) is 2.35. The molecule has 17 heavy (non-hydrogen) atoms. The summed E-state index contributed by atoms with van der Waals surface area (Å²) in [6, 6.07) is 0. The molecule has 0 aliphatic rings. The molecule has 0 spiro atoms. The van der Waals surface area contributed by atoms with E-state index in [4.69, 9.17) is 16.3 Å². The zero-order valence-electron chi connectivity index (χ0n) is 10.9. The normalized spacial score (nSPS) is 12.0. The van der Waals surface area contributed by atoms with E-state index in [1.165, 1.54) is 0 Å². The Labute approximate surface area is 108 Å². The number of halogens is 1. The summed E-state index contributed by atoms with van der Waals surface area (Å²) < 4.78 is 7.46. The van der Waals surface area contributed by atoms with Crippen molar-refractivity contribution in [1.29, 1.82) is 0 Å². The molecule has 0 bridgehead atoms. The van der Waals surface area contributed by atoms with Crippen LogP contribution in [-0.2, 0) is 11.3 Å². The molecular weight excluding hydrogens is 238 g/mol. The monoisotopic (exact) mass is 259 g/mol. The molecule has 1 N–H and O–H groups in total. The van der Waals surface area contributed by atoms with Gasteiger partial charge in [-0.1, -0.05) is 11.6 Å². The van der Waals surface area contributed by atoms with Crippen molar-refractivity contribution in [3.8, 4) is 0 Å². The number of aromatic nitrogens is 2. The highest BCUT2D eigenvalue weighted by Gasteiger charge is 2.08. The van der Waals surface area contributed by atoms with Gasteiger partial charge < -0.3 is 10.1 Å². The topological polar surface area (TPSA) is 39.1 Å². The molecule has 0 saturated heterocycles. The van der Waals surface area contributed by atoms with Crippen molar-refractivity contribution in [2.45, 2.75) is 39.3 Å². The van der Waals surface area contributed by atoms with E-state index in [1.807, 2.05) is 10.9 Å². The predicted octanol–water partition coefficient (Wildman–Crippen LogP) is 2.33. The summed E-state index contributed by atoms with van der Waals surface area (Å²) in [5.74, 6) is 0. The lowest BCUT2D eigenvalue weighted by molar-refractivity contribution is -0.00376. The summed E-state index contributed by atoms with van der Waals surface area (Å²) >= 11 is 5.76. The first kappa shape index (κ1) is 14.5. The molecule has 1 aromatic heterocycles. The van der Waals surface area contributed by atoms with Crippen LogP contribution >= 0.6 is 11.6 Å². The van der Waals surface area contributed by atoms with Gasteiger partial charge >= 0.3 is 0 Å². The van der Waals surface area contributed by atoms with E-state index in [-0.39, 0.29) is 5.60 Å². The second-order valence-electron chi connectivity index (χ2n) is 4.99. The van der Waals surface area contributed by atoms with Crippen LogP contribution in [0.1, 0.15) is 27.2 Å². The lowest BCUT2D eigenvalue weighted by Crippen LogP contribution is -2.24. The van der Waals surface area contributed by atoms with E-state index < -0.39 is 0 Å². The molecule has 0 aromatic carbocycles. The first-order chi connectivity index (χ1) is 7.97. The second-order valence-corrected chi connectivity index (χ2v) is 5.42. The quantitative estimate of drug-likeness (QED) is 0.764. The molecule has 1 rings (SSSR count). The first-order valence-electron chi connectivity index (χ1n) is 6.00. The van der Waals surface area contributed by atoms with Crippen LogP contribution in [-0.4, -0.2) is 35.1 Å². The van der Waals surface area contributed by atoms with Crippen molar-refractivity contribution in [2.24, 2.45) is 0 Å². The van der Waals surface area contributed by atoms with Crippen LogP contribution in [0.25, 0.3) is 0 Å². The van der Waals surface area contributed by atoms with Crippen LogP contribution < -0.4 is 5.32 Å². The molecule has 0 atom stereocenters. The Morgan fingerprint density at radius 3 is 2.76 bits per heavy atom. The van der Waals surface area contributed by atoms with Crippen molar-refractivity contribution in [1.82, 2.24) is 15.1 Å². The Bertz CT molecular complexity index is 320. The molecule has 4 nitrogen and oxygen atoms in total. The highest BCUT2D eigenvalue weighted by atomic mass is 35.5. The maximum Gasteiger partial charge on any atom is 0.0785 e. The van der Waals surface area contributed by atoms with Crippen LogP contribution in [0.15, 0.2) is 12.4 Å². The highest BCUT2D eigenvalue weighted by Crippen LogP contribution is 2.06. The number of nitrogens with one attached hydrogen (secondary N) is 1. The minimum atomic E-state index is -0.0359. The van der Waals surface area contributed by atoms with Gasteiger partial charge in [-0.15, -0.1) is 0 Å². The zero-order chi connectivity index (χ0) is 12.7. The lowest BCUT2D eigenvalue weighted by atomic mass is 10.2. The van der Waals surface area contributed by atoms with Gasteiger partial charge in [-0.25, -0.2) is 0 Å². The molecular formula is C12H22ClN3O. The Balaban J connectivity index is 1.95. The largest absolute Gasteiger partial charge is 0.376 e. The van der Waals surface area contributed by atoms with Crippen LogP contribution in [0.3, 0.4) is 0 Å². The maximum atomic E-state index is 5.76. The molecule has 1 aromatic rings. The van der Waals surface area contributed by atoms with Crippen molar-refractivity contribution >= 4 is 11.6 Å². The van der Waals surface area contributed by atoms with Gasteiger partial charge in [0.15, 0.2) is 0 Å². The first-order valence-corrected chi connectivity index (χ1v) is 6.38. The number of rotatable bonds is 7. The van der Waals surface area contributed by atoms with Crippen LogP contribution in [0.2, 0.25) is 5.02 Å². The number of ether oxygens (including phenoxy) is 1. The van der Waals surface area contributed by atoms with Gasteiger partial charge in [0.1, 0.15) is 0 Å². The summed E-state index contributed by atoms with van der Waals surface area (Å²) in [6.07, 6.45) is 4.50. The molecule has 0 unspecified atom stereocenters. The van der Waals surface area contributed by atoms with Crippen molar-refractivity contribution < 1.29 is 4.74 Å². The van der Waals surface area contributed by atoms with E-state index in [0.29, 0.717) is 5.02 Å². The van der Waals surface area contributed by atoms with Crippen molar-refractivity contribution in [3.63, 3.8) is 0 Å². The summed E-state index contributed by atoms with van der Waals surface area (Å²) in [4.78, 5) is 0. The predicted molar refractivity (Wildman–Crippen MR) is 70.4 cm³/mol.